The molecule has 2 heterocycles. The molecule has 1 aliphatic heterocycles. The Morgan fingerprint density at radius 3 is 2.35 bits per heavy atom. The van der Waals surface area contributed by atoms with Crippen molar-refractivity contribution in [1.82, 2.24) is 4.57 Å². The third kappa shape index (κ3) is 5.66. The van der Waals surface area contributed by atoms with Gasteiger partial charge in [0.05, 0.1) is 55.9 Å². The molecule has 0 unspecified atom stereocenters. The maximum Gasteiger partial charge on any atom is 0.338 e. The molecule has 9 nitrogen and oxygen atoms in total. The minimum absolute atomic E-state index is 0.0643. The lowest BCUT2D eigenvalue weighted by molar-refractivity contribution is -0.139. The number of hydrogen-bond acceptors (Lipinski definition) is 9. The summed E-state index contributed by atoms with van der Waals surface area (Å²) in [6.45, 7) is 7.51. The maximum absolute atomic E-state index is 14.0. The molecule has 0 saturated carbocycles. The van der Waals surface area contributed by atoms with Crippen molar-refractivity contribution >= 4 is 39.3 Å². The van der Waals surface area contributed by atoms with Gasteiger partial charge in [-0.2, -0.15) is 0 Å². The zero-order valence-electron chi connectivity index (χ0n) is 23.4. The summed E-state index contributed by atoms with van der Waals surface area (Å²) >= 11 is 4.79. The van der Waals surface area contributed by atoms with E-state index in [1.165, 1.54) is 15.9 Å². The second-order valence-electron chi connectivity index (χ2n) is 9.11. The molecule has 0 amide bonds. The number of carbonyl (C=O) groups is 1. The molecule has 3 aromatic rings. The number of allylic oxidation sites excluding steroid dienone is 1. The quantitative estimate of drug-likeness (QED) is 0.324. The first kappa shape index (κ1) is 29.4. The number of halogens is 1. The summed E-state index contributed by atoms with van der Waals surface area (Å²) in [7, 11) is 4.66. The molecule has 0 aliphatic carbocycles. The molecule has 212 valence electrons. The van der Waals surface area contributed by atoms with Crippen LogP contribution in [-0.4, -0.2) is 44.6 Å². The average molecular weight is 632 g/mol. The normalized spacial score (nSPS) is 15.0. The van der Waals surface area contributed by atoms with Crippen molar-refractivity contribution in [2.45, 2.75) is 39.8 Å². The van der Waals surface area contributed by atoms with Crippen LogP contribution in [0, 0.1) is 0 Å². The molecule has 1 atom stereocenters. The molecule has 1 aromatic heterocycles. The number of aromatic nitrogens is 1. The van der Waals surface area contributed by atoms with Gasteiger partial charge in [-0.3, -0.25) is 9.36 Å². The van der Waals surface area contributed by atoms with Crippen molar-refractivity contribution in [2.75, 3.05) is 27.9 Å². The van der Waals surface area contributed by atoms with Gasteiger partial charge < -0.3 is 23.7 Å². The molecule has 0 N–H and O–H groups in total. The Morgan fingerprint density at radius 2 is 1.73 bits per heavy atom. The fraction of sp³-hybridized carbons (Fsp3) is 0.345. The zero-order valence-corrected chi connectivity index (χ0v) is 25.8. The van der Waals surface area contributed by atoms with Gasteiger partial charge in [0.2, 0.25) is 0 Å². The Bertz CT molecular complexity index is 1660. The first-order chi connectivity index (χ1) is 19.1. The van der Waals surface area contributed by atoms with Crippen molar-refractivity contribution in [3.8, 4) is 23.0 Å². The summed E-state index contributed by atoms with van der Waals surface area (Å²) in [5, 5.41) is 0. The highest BCUT2D eigenvalue weighted by Gasteiger charge is 2.34. The summed E-state index contributed by atoms with van der Waals surface area (Å²) in [5.41, 5.74) is 1.84. The Morgan fingerprint density at radius 1 is 1.07 bits per heavy atom. The van der Waals surface area contributed by atoms with Crippen LogP contribution in [0.2, 0.25) is 0 Å². The lowest BCUT2D eigenvalue weighted by Gasteiger charge is -2.25. The molecule has 2 aromatic carbocycles. The van der Waals surface area contributed by atoms with E-state index in [9.17, 15) is 9.59 Å². The molecule has 11 heteroatoms. The highest BCUT2D eigenvalue weighted by molar-refractivity contribution is 9.10. The summed E-state index contributed by atoms with van der Waals surface area (Å²) in [6, 6.07) is 8.16. The number of carbonyl (C=O) groups excluding carboxylic acids is 1. The molecule has 1 aliphatic rings. The Hall–Kier alpha value is -3.57. The number of ether oxygens (including phenoxy) is 5. The molecule has 4 rings (SSSR count). The number of fused-ring (bicyclic) bond motifs is 1. The standard InChI is InChI=1S/C29H31BrN2O7S/c1-8-38-28(34)25-16(4)31-29-32(26(25)17-9-10-20(39-15(2)3)21(11-17)35-5)27(33)24(40-29)13-18-12-22(36-6)23(37-7)14-19(18)30/h9-15,26H,8H2,1-7H3/b24-13-/t26-/m1/s1. The third-order valence-electron chi connectivity index (χ3n) is 6.17. The number of thiazole rings is 1. The SMILES string of the molecule is CCOC(=O)C1=C(C)N=c2s/c(=C\c3cc(OC)c(OC)cc3Br)c(=O)n2[C@@H]1c1ccc(OC(C)C)c(OC)c1. The topological polar surface area (TPSA) is 97.6 Å². The van der Waals surface area contributed by atoms with Crippen molar-refractivity contribution in [2.24, 2.45) is 4.99 Å². The molecule has 40 heavy (non-hydrogen) atoms. The van der Waals surface area contributed by atoms with E-state index in [0.29, 0.717) is 43.6 Å². The van der Waals surface area contributed by atoms with E-state index in [1.807, 2.05) is 19.9 Å². The van der Waals surface area contributed by atoms with Crippen LogP contribution in [0.3, 0.4) is 0 Å². The molecule has 0 bridgehead atoms. The van der Waals surface area contributed by atoms with Crippen LogP contribution >= 0.6 is 27.3 Å². The van der Waals surface area contributed by atoms with E-state index in [0.717, 1.165) is 10.0 Å². The van der Waals surface area contributed by atoms with Crippen molar-refractivity contribution in [1.29, 1.82) is 0 Å². The van der Waals surface area contributed by atoms with E-state index in [4.69, 9.17) is 23.7 Å². The fourth-order valence-electron chi connectivity index (χ4n) is 4.43. The minimum atomic E-state index is -0.784. The van der Waals surface area contributed by atoms with Gasteiger partial charge in [-0.1, -0.05) is 33.3 Å². The largest absolute Gasteiger partial charge is 0.493 e. The van der Waals surface area contributed by atoms with Gasteiger partial charge in [-0.25, -0.2) is 9.79 Å². The van der Waals surface area contributed by atoms with E-state index in [2.05, 4.69) is 20.9 Å². The van der Waals surface area contributed by atoms with Crippen LogP contribution in [0.15, 0.2) is 55.9 Å². The highest BCUT2D eigenvalue weighted by atomic mass is 79.9. The second kappa shape index (κ2) is 12.3. The van der Waals surface area contributed by atoms with Crippen LogP contribution in [0.4, 0.5) is 0 Å². The van der Waals surface area contributed by atoms with Crippen molar-refractivity contribution in [3.05, 3.63) is 76.9 Å². The van der Waals surface area contributed by atoms with Gasteiger partial charge in [0.25, 0.3) is 5.56 Å². The van der Waals surface area contributed by atoms with Crippen LogP contribution in [-0.2, 0) is 9.53 Å². The number of esters is 1. The molecule has 0 radical (unpaired) electrons. The maximum atomic E-state index is 14.0. The van der Waals surface area contributed by atoms with Gasteiger partial charge in [-0.05, 0) is 69.2 Å². The Balaban J connectivity index is 1.96. The third-order valence-corrected chi connectivity index (χ3v) is 7.84. The Labute approximate surface area is 244 Å². The number of rotatable bonds is 9. The van der Waals surface area contributed by atoms with Crippen LogP contribution in [0.25, 0.3) is 6.08 Å². The second-order valence-corrected chi connectivity index (χ2v) is 11.0. The molecule has 0 saturated heterocycles. The lowest BCUT2D eigenvalue weighted by Crippen LogP contribution is -2.40. The summed E-state index contributed by atoms with van der Waals surface area (Å²) in [4.78, 5) is 32.3. The molecule has 0 spiro atoms. The zero-order chi connectivity index (χ0) is 29.1. The van der Waals surface area contributed by atoms with E-state index >= 15 is 0 Å². The minimum Gasteiger partial charge on any atom is -0.493 e. The summed E-state index contributed by atoms with van der Waals surface area (Å²) in [5.74, 6) is 1.60. The monoisotopic (exact) mass is 630 g/mol. The number of hydrogen-bond donors (Lipinski definition) is 0. The fourth-order valence-corrected chi connectivity index (χ4v) is 5.91. The number of methoxy groups -OCH3 is 3. The van der Waals surface area contributed by atoms with Gasteiger partial charge in [0.15, 0.2) is 27.8 Å². The van der Waals surface area contributed by atoms with Gasteiger partial charge in [0.1, 0.15) is 0 Å². The molecular formula is C29H31BrN2O7S. The smallest absolute Gasteiger partial charge is 0.338 e. The lowest BCUT2D eigenvalue weighted by atomic mass is 9.95. The van der Waals surface area contributed by atoms with Crippen LogP contribution in [0.5, 0.6) is 23.0 Å². The van der Waals surface area contributed by atoms with E-state index in [1.54, 1.807) is 65.5 Å². The summed E-state index contributed by atoms with van der Waals surface area (Å²) < 4.78 is 30.4. The summed E-state index contributed by atoms with van der Waals surface area (Å²) in [6.07, 6.45) is 1.70. The van der Waals surface area contributed by atoms with Crippen molar-refractivity contribution in [3.63, 3.8) is 0 Å². The number of nitrogens with zero attached hydrogens (tertiary/aromatic N) is 2. The van der Waals surface area contributed by atoms with Crippen LogP contribution in [0.1, 0.15) is 44.9 Å². The first-order valence-corrected chi connectivity index (χ1v) is 14.2. The molecular weight excluding hydrogens is 600 g/mol. The van der Waals surface area contributed by atoms with Crippen LogP contribution < -0.4 is 33.8 Å². The predicted molar refractivity (Wildman–Crippen MR) is 156 cm³/mol. The number of benzene rings is 2. The van der Waals surface area contributed by atoms with Crippen molar-refractivity contribution < 1.29 is 28.5 Å². The average Bonchev–Trinajstić information content (AvgIpc) is 3.22. The predicted octanol–water partition coefficient (Wildman–Crippen LogP) is 4.37. The first-order valence-electron chi connectivity index (χ1n) is 12.6. The van der Waals surface area contributed by atoms with Gasteiger partial charge >= 0.3 is 5.97 Å². The molecule has 0 fully saturated rings. The van der Waals surface area contributed by atoms with E-state index < -0.39 is 12.0 Å². The van der Waals surface area contributed by atoms with Gasteiger partial charge in [-0.15, -0.1) is 0 Å². The highest BCUT2D eigenvalue weighted by Crippen LogP contribution is 2.37. The Kier molecular flexibility index (Phi) is 9.05. The van der Waals surface area contributed by atoms with E-state index in [-0.39, 0.29) is 23.8 Å². The van der Waals surface area contributed by atoms with Gasteiger partial charge in [0, 0.05) is 4.47 Å².